The summed E-state index contributed by atoms with van der Waals surface area (Å²) >= 11 is 0. The van der Waals surface area contributed by atoms with Crippen molar-refractivity contribution in [1.29, 1.82) is 0 Å². The van der Waals surface area contributed by atoms with Crippen molar-refractivity contribution in [3.05, 3.63) is 42.6 Å². The molecule has 1 aromatic carbocycles. The highest BCUT2D eigenvalue weighted by Gasteiger charge is 2.25. The Hall–Kier alpha value is -2.37. The fraction of sp³-hybridized carbons (Fsp3) is 0.375. The molecule has 22 heavy (non-hydrogen) atoms. The minimum Gasteiger partial charge on any atom is -0.336 e. The van der Waals surface area contributed by atoms with E-state index in [1.165, 1.54) is 4.90 Å². The van der Waals surface area contributed by atoms with Gasteiger partial charge < -0.3 is 10.2 Å². The highest BCUT2D eigenvalue weighted by Crippen LogP contribution is 2.15. The molecule has 0 radical (unpaired) electrons. The van der Waals surface area contributed by atoms with Crippen LogP contribution in [0.25, 0.3) is 11.3 Å². The van der Waals surface area contributed by atoms with Crippen LogP contribution in [0.2, 0.25) is 0 Å². The average molecular weight is 302 g/mol. The van der Waals surface area contributed by atoms with E-state index < -0.39 is 6.17 Å². The zero-order chi connectivity index (χ0) is 15.4. The van der Waals surface area contributed by atoms with Crippen molar-refractivity contribution in [2.24, 2.45) is 0 Å². The lowest BCUT2D eigenvalue weighted by Crippen LogP contribution is -2.40. The van der Waals surface area contributed by atoms with Crippen LogP contribution >= 0.6 is 0 Å². The number of nitrogens with zero attached hydrogens (tertiary/aromatic N) is 3. The first-order valence-electron chi connectivity index (χ1n) is 7.48. The molecule has 1 atom stereocenters. The summed E-state index contributed by atoms with van der Waals surface area (Å²) in [5.41, 5.74) is 1.98. The molecule has 5 nitrogen and oxygen atoms in total. The molecule has 1 aliphatic rings. The maximum atomic E-state index is 13.0. The highest BCUT2D eigenvalue weighted by molar-refractivity contribution is 5.74. The summed E-state index contributed by atoms with van der Waals surface area (Å²) in [6.45, 7) is 1.76. The minimum atomic E-state index is -0.884. The van der Waals surface area contributed by atoms with Crippen LogP contribution in [-0.2, 0) is 6.54 Å². The number of likely N-dealkylation sites (tertiary alicyclic amines) is 1. The molecule has 6 heteroatoms. The molecule has 1 aliphatic heterocycles. The molecule has 2 heterocycles. The predicted octanol–water partition coefficient (Wildman–Crippen LogP) is 2.30. The Kier molecular flexibility index (Phi) is 4.37. The van der Waals surface area contributed by atoms with E-state index in [9.17, 15) is 9.18 Å². The number of rotatable bonds is 4. The van der Waals surface area contributed by atoms with Crippen LogP contribution in [0.15, 0.2) is 42.6 Å². The third-order valence-corrected chi connectivity index (χ3v) is 3.75. The summed E-state index contributed by atoms with van der Waals surface area (Å²) in [5.74, 6) is 0. The summed E-state index contributed by atoms with van der Waals surface area (Å²) in [5, 5.41) is 7.28. The van der Waals surface area contributed by atoms with Gasteiger partial charge in [0.15, 0.2) is 0 Å². The van der Waals surface area contributed by atoms with Crippen LogP contribution in [0.3, 0.4) is 0 Å². The molecular weight excluding hydrogens is 283 g/mol. The first-order chi connectivity index (χ1) is 10.7. The number of aromatic nitrogens is 2. The summed E-state index contributed by atoms with van der Waals surface area (Å²) in [6, 6.07) is 11.7. The van der Waals surface area contributed by atoms with E-state index >= 15 is 0 Å². The number of halogens is 1. The van der Waals surface area contributed by atoms with E-state index in [0.717, 1.165) is 11.3 Å². The van der Waals surface area contributed by atoms with E-state index in [2.05, 4.69) is 10.4 Å². The number of carbonyl (C=O) groups excluding carboxylic acids is 1. The summed E-state index contributed by atoms with van der Waals surface area (Å²) in [6.07, 6.45) is 1.44. The lowest BCUT2D eigenvalue weighted by atomic mass is 10.2. The number of hydrogen-bond donors (Lipinski definition) is 1. The van der Waals surface area contributed by atoms with E-state index in [4.69, 9.17) is 0 Å². The zero-order valence-electron chi connectivity index (χ0n) is 12.3. The molecule has 1 aromatic heterocycles. The van der Waals surface area contributed by atoms with Crippen LogP contribution in [-0.4, -0.2) is 46.5 Å². The van der Waals surface area contributed by atoms with E-state index in [-0.39, 0.29) is 12.6 Å². The van der Waals surface area contributed by atoms with Crippen molar-refractivity contribution in [1.82, 2.24) is 20.0 Å². The Balaban J connectivity index is 1.48. The van der Waals surface area contributed by atoms with Gasteiger partial charge in [0.05, 0.1) is 18.8 Å². The molecule has 0 aliphatic carbocycles. The highest BCUT2D eigenvalue weighted by atomic mass is 19.1. The summed E-state index contributed by atoms with van der Waals surface area (Å²) in [4.78, 5) is 13.3. The van der Waals surface area contributed by atoms with Crippen molar-refractivity contribution >= 4 is 6.03 Å². The third-order valence-electron chi connectivity index (χ3n) is 3.75. The van der Waals surface area contributed by atoms with Gasteiger partial charge in [-0.3, -0.25) is 4.68 Å². The molecule has 3 rings (SSSR count). The predicted molar refractivity (Wildman–Crippen MR) is 82.1 cm³/mol. The lowest BCUT2D eigenvalue weighted by Gasteiger charge is -2.16. The Labute approximate surface area is 128 Å². The summed E-state index contributed by atoms with van der Waals surface area (Å²) < 4.78 is 14.8. The van der Waals surface area contributed by atoms with Crippen molar-refractivity contribution < 1.29 is 9.18 Å². The van der Waals surface area contributed by atoms with Crippen molar-refractivity contribution in [2.45, 2.75) is 19.1 Å². The molecule has 2 aromatic rings. The molecule has 2 amide bonds. The number of hydrogen-bond acceptors (Lipinski definition) is 2. The van der Waals surface area contributed by atoms with Gasteiger partial charge in [-0.1, -0.05) is 30.3 Å². The SMILES string of the molecule is O=C(NCCn1ccc(-c2ccccc2)n1)N1CC[C@@H](F)C1. The van der Waals surface area contributed by atoms with Gasteiger partial charge >= 0.3 is 6.03 Å². The molecular formula is C16H19FN4O. The Bertz CT molecular complexity index is 628. The van der Waals surface area contributed by atoms with Gasteiger partial charge in [0.2, 0.25) is 0 Å². The number of alkyl halides is 1. The number of benzene rings is 1. The Morgan fingerprint density at radius 2 is 2.14 bits per heavy atom. The smallest absolute Gasteiger partial charge is 0.317 e. The van der Waals surface area contributed by atoms with Gasteiger partial charge in [0, 0.05) is 24.8 Å². The van der Waals surface area contributed by atoms with Gasteiger partial charge in [0.25, 0.3) is 0 Å². The molecule has 0 bridgehead atoms. The summed E-state index contributed by atoms with van der Waals surface area (Å²) in [7, 11) is 0. The van der Waals surface area contributed by atoms with E-state index in [1.807, 2.05) is 42.6 Å². The van der Waals surface area contributed by atoms with Crippen LogP contribution in [0.5, 0.6) is 0 Å². The molecule has 0 unspecified atom stereocenters. The lowest BCUT2D eigenvalue weighted by molar-refractivity contribution is 0.204. The van der Waals surface area contributed by atoms with Gasteiger partial charge in [-0.2, -0.15) is 5.10 Å². The normalized spacial score (nSPS) is 17.7. The topological polar surface area (TPSA) is 50.2 Å². The molecule has 116 valence electrons. The molecule has 0 spiro atoms. The molecule has 0 saturated carbocycles. The number of amides is 2. The molecule has 1 fully saturated rings. The fourth-order valence-electron chi connectivity index (χ4n) is 2.54. The number of urea groups is 1. The van der Waals surface area contributed by atoms with Crippen molar-refractivity contribution in [3.8, 4) is 11.3 Å². The first-order valence-corrected chi connectivity index (χ1v) is 7.48. The zero-order valence-corrected chi connectivity index (χ0v) is 12.3. The second-order valence-electron chi connectivity index (χ2n) is 5.39. The maximum absolute atomic E-state index is 13.0. The monoisotopic (exact) mass is 302 g/mol. The second kappa shape index (κ2) is 6.60. The fourth-order valence-corrected chi connectivity index (χ4v) is 2.54. The van der Waals surface area contributed by atoms with Crippen LogP contribution in [0.1, 0.15) is 6.42 Å². The van der Waals surface area contributed by atoms with Gasteiger partial charge in [-0.25, -0.2) is 9.18 Å². The van der Waals surface area contributed by atoms with Gasteiger partial charge in [-0.05, 0) is 12.5 Å². The van der Waals surface area contributed by atoms with Gasteiger partial charge in [-0.15, -0.1) is 0 Å². The Morgan fingerprint density at radius 1 is 1.32 bits per heavy atom. The number of nitrogens with one attached hydrogen (secondary N) is 1. The van der Waals surface area contributed by atoms with Crippen LogP contribution in [0.4, 0.5) is 9.18 Å². The molecule has 1 saturated heterocycles. The van der Waals surface area contributed by atoms with E-state index in [1.54, 1.807) is 4.68 Å². The van der Waals surface area contributed by atoms with Crippen molar-refractivity contribution in [2.75, 3.05) is 19.6 Å². The average Bonchev–Trinajstić information content (AvgIpc) is 3.17. The largest absolute Gasteiger partial charge is 0.336 e. The number of carbonyl (C=O) groups is 1. The third kappa shape index (κ3) is 3.44. The molecule has 1 N–H and O–H groups in total. The first kappa shape index (κ1) is 14.6. The van der Waals surface area contributed by atoms with Crippen LogP contribution < -0.4 is 5.32 Å². The quantitative estimate of drug-likeness (QED) is 0.942. The van der Waals surface area contributed by atoms with Gasteiger partial charge in [0.1, 0.15) is 6.17 Å². The minimum absolute atomic E-state index is 0.199. The Morgan fingerprint density at radius 3 is 2.86 bits per heavy atom. The van der Waals surface area contributed by atoms with Crippen LogP contribution in [0, 0.1) is 0 Å². The second-order valence-corrected chi connectivity index (χ2v) is 5.39. The maximum Gasteiger partial charge on any atom is 0.317 e. The standard InChI is InChI=1S/C16H19FN4O/c17-14-6-9-20(12-14)16(22)18-8-11-21-10-7-15(19-21)13-4-2-1-3-5-13/h1-5,7,10,14H,6,8-9,11-12H2,(H,18,22)/t14-/m1/s1. The van der Waals surface area contributed by atoms with Crippen molar-refractivity contribution in [3.63, 3.8) is 0 Å². The van der Waals surface area contributed by atoms with E-state index in [0.29, 0.717) is 26.1 Å².